The van der Waals surface area contributed by atoms with E-state index in [-0.39, 0.29) is 11.6 Å². The average molecular weight is 380 g/mol. The lowest BCUT2D eigenvalue weighted by molar-refractivity contribution is -0.129. The molecule has 0 saturated heterocycles. The van der Waals surface area contributed by atoms with Gasteiger partial charge < -0.3 is 4.74 Å². The van der Waals surface area contributed by atoms with Gasteiger partial charge in [0.1, 0.15) is 11.9 Å². The van der Waals surface area contributed by atoms with Crippen molar-refractivity contribution < 1.29 is 13.9 Å². The van der Waals surface area contributed by atoms with Crippen molar-refractivity contribution in [3.05, 3.63) is 60.1 Å². The van der Waals surface area contributed by atoms with Crippen LogP contribution in [0.5, 0.6) is 5.88 Å². The molecule has 8 nitrogen and oxygen atoms in total. The SMILES string of the molecule is C=C(CCCOc1cnc(C#N)cn1)C(=O)N1N=CCC1c1cncc(F)c1. The third kappa shape index (κ3) is 4.54. The average Bonchev–Trinajstić information content (AvgIpc) is 3.21. The number of pyridine rings is 1. The molecule has 0 saturated carbocycles. The maximum atomic E-state index is 13.4. The van der Waals surface area contributed by atoms with Gasteiger partial charge in [-0.3, -0.25) is 9.78 Å². The number of hydrogen-bond donors (Lipinski definition) is 0. The number of carbonyl (C=O) groups is 1. The molecule has 0 fully saturated rings. The van der Waals surface area contributed by atoms with Crippen LogP contribution < -0.4 is 4.74 Å². The molecule has 2 aromatic rings. The lowest BCUT2D eigenvalue weighted by Crippen LogP contribution is -2.28. The number of hydrazone groups is 1. The molecule has 142 valence electrons. The van der Waals surface area contributed by atoms with Gasteiger partial charge in [-0.25, -0.2) is 19.4 Å². The molecular formula is C19H17FN6O2. The monoisotopic (exact) mass is 380 g/mol. The first-order chi connectivity index (χ1) is 13.6. The Morgan fingerprint density at radius 1 is 1.36 bits per heavy atom. The van der Waals surface area contributed by atoms with Gasteiger partial charge in [0, 0.05) is 24.4 Å². The molecule has 0 spiro atoms. The summed E-state index contributed by atoms with van der Waals surface area (Å²) in [6.07, 6.45) is 8.39. The van der Waals surface area contributed by atoms with E-state index in [4.69, 9.17) is 10.00 Å². The van der Waals surface area contributed by atoms with E-state index in [1.807, 2.05) is 6.07 Å². The second-order valence-electron chi connectivity index (χ2n) is 6.04. The van der Waals surface area contributed by atoms with Crippen molar-refractivity contribution in [2.45, 2.75) is 25.3 Å². The van der Waals surface area contributed by atoms with Crippen molar-refractivity contribution in [1.29, 1.82) is 5.26 Å². The van der Waals surface area contributed by atoms with E-state index < -0.39 is 11.9 Å². The molecule has 3 heterocycles. The van der Waals surface area contributed by atoms with E-state index in [1.165, 1.54) is 29.7 Å². The summed E-state index contributed by atoms with van der Waals surface area (Å²) in [7, 11) is 0. The summed E-state index contributed by atoms with van der Waals surface area (Å²) in [5, 5.41) is 14.1. The summed E-state index contributed by atoms with van der Waals surface area (Å²) < 4.78 is 18.9. The number of hydrogen-bond acceptors (Lipinski definition) is 7. The highest BCUT2D eigenvalue weighted by atomic mass is 19.1. The quantitative estimate of drug-likeness (QED) is 0.540. The third-order valence-corrected chi connectivity index (χ3v) is 4.07. The molecule has 1 aliphatic heterocycles. The van der Waals surface area contributed by atoms with Crippen molar-refractivity contribution in [1.82, 2.24) is 20.0 Å². The number of rotatable bonds is 7. The van der Waals surface area contributed by atoms with E-state index >= 15 is 0 Å². The van der Waals surface area contributed by atoms with Crippen LogP contribution in [0, 0.1) is 17.1 Å². The maximum Gasteiger partial charge on any atom is 0.269 e. The zero-order valence-corrected chi connectivity index (χ0v) is 15.0. The lowest BCUT2D eigenvalue weighted by Gasteiger charge is -2.22. The van der Waals surface area contributed by atoms with Gasteiger partial charge in [0.25, 0.3) is 5.91 Å². The molecule has 28 heavy (non-hydrogen) atoms. The summed E-state index contributed by atoms with van der Waals surface area (Å²) in [5.41, 5.74) is 1.17. The predicted molar refractivity (Wildman–Crippen MR) is 97.5 cm³/mol. The molecule has 9 heteroatoms. The second kappa shape index (κ2) is 8.81. The zero-order chi connectivity index (χ0) is 19.9. The summed E-state index contributed by atoms with van der Waals surface area (Å²) in [6.45, 7) is 4.15. The number of nitriles is 1. The smallest absolute Gasteiger partial charge is 0.269 e. The van der Waals surface area contributed by atoms with E-state index in [9.17, 15) is 9.18 Å². The normalized spacial score (nSPS) is 15.3. The van der Waals surface area contributed by atoms with Gasteiger partial charge in [0.05, 0.1) is 31.2 Å². The van der Waals surface area contributed by atoms with Gasteiger partial charge in [-0.1, -0.05) is 6.58 Å². The molecule has 1 unspecified atom stereocenters. The summed E-state index contributed by atoms with van der Waals surface area (Å²) in [4.78, 5) is 24.3. The van der Waals surface area contributed by atoms with Crippen LogP contribution in [0.4, 0.5) is 4.39 Å². The first kappa shape index (κ1) is 19.1. The fourth-order valence-corrected chi connectivity index (χ4v) is 2.68. The van der Waals surface area contributed by atoms with E-state index in [0.717, 1.165) is 6.20 Å². The van der Waals surface area contributed by atoms with E-state index in [2.05, 4.69) is 26.6 Å². The molecule has 1 atom stereocenters. The number of ether oxygens (including phenoxy) is 1. The number of aromatic nitrogens is 3. The predicted octanol–water partition coefficient (Wildman–Crippen LogP) is 2.56. The Balaban J connectivity index is 1.50. The van der Waals surface area contributed by atoms with Crippen molar-refractivity contribution in [2.75, 3.05) is 6.61 Å². The number of nitrogens with zero attached hydrogens (tertiary/aromatic N) is 6. The third-order valence-electron chi connectivity index (χ3n) is 4.07. The molecule has 0 radical (unpaired) electrons. The Bertz CT molecular complexity index is 938. The molecule has 3 rings (SSSR count). The Labute approximate surface area is 161 Å². The minimum atomic E-state index is -0.460. The van der Waals surface area contributed by atoms with Gasteiger partial charge in [-0.15, -0.1) is 0 Å². The Morgan fingerprint density at radius 3 is 2.93 bits per heavy atom. The first-order valence-corrected chi connectivity index (χ1v) is 8.57. The number of halogens is 1. The summed E-state index contributed by atoms with van der Waals surface area (Å²) >= 11 is 0. The lowest BCUT2D eigenvalue weighted by atomic mass is 10.1. The summed E-state index contributed by atoms with van der Waals surface area (Å²) in [5.74, 6) is -0.474. The highest BCUT2D eigenvalue weighted by molar-refractivity contribution is 5.94. The van der Waals surface area contributed by atoms with Gasteiger partial charge in [-0.05, 0) is 24.5 Å². The molecule has 0 bridgehead atoms. The van der Waals surface area contributed by atoms with Gasteiger partial charge in [0.2, 0.25) is 5.88 Å². The minimum absolute atomic E-state index is 0.209. The van der Waals surface area contributed by atoms with Crippen LogP contribution in [0.2, 0.25) is 0 Å². The van der Waals surface area contributed by atoms with Crippen molar-refractivity contribution in [3.63, 3.8) is 0 Å². The first-order valence-electron chi connectivity index (χ1n) is 8.57. The summed E-state index contributed by atoms with van der Waals surface area (Å²) in [6, 6.07) is 2.83. The van der Waals surface area contributed by atoms with Gasteiger partial charge in [0.15, 0.2) is 5.69 Å². The standard InChI is InChI=1S/C19H17FN6O2/c1-13(3-2-6-28-18-12-23-16(8-21)11-24-18)19(27)26-17(4-5-25-26)14-7-15(20)10-22-9-14/h5,7,9-12,17H,1-4,6H2. The van der Waals surface area contributed by atoms with Crippen LogP contribution in [0.1, 0.15) is 36.6 Å². The Hall–Kier alpha value is -3.67. The highest BCUT2D eigenvalue weighted by Crippen LogP contribution is 2.29. The molecule has 2 aromatic heterocycles. The fraction of sp³-hybridized carbons (Fsp3) is 0.263. The molecular weight excluding hydrogens is 363 g/mol. The maximum absolute atomic E-state index is 13.4. The van der Waals surface area contributed by atoms with Crippen LogP contribution in [0.25, 0.3) is 0 Å². The molecule has 0 N–H and O–H groups in total. The van der Waals surface area contributed by atoms with Crippen LogP contribution in [0.15, 0.2) is 48.1 Å². The number of carbonyl (C=O) groups excluding carboxylic acids is 1. The van der Waals surface area contributed by atoms with Crippen LogP contribution >= 0.6 is 0 Å². The zero-order valence-electron chi connectivity index (χ0n) is 15.0. The van der Waals surface area contributed by atoms with Gasteiger partial charge >= 0.3 is 0 Å². The van der Waals surface area contributed by atoms with Crippen molar-refractivity contribution >= 4 is 12.1 Å². The molecule has 0 aromatic carbocycles. The van der Waals surface area contributed by atoms with E-state index in [1.54, 1.807) is 6.21 Å². The van der Waals surface area contributed by atoms with Crippen molar-refractivity contribution in [2.24, 2.45) is 5.10 Å². The van der Waals surface area contributed by atoms with E-state index in [0.29, 0.717) is 42.9 Å². The Kier molecular flexibility index (Phi) is 6.01. The van der Waals surface area contributed by atoms with Crippen molar-refractivity contribution in [3.8, 4) is 11.9 Å². The minimum Gasteiger partial charge on any atom is -0.477 e. The topological polar surface area (TPSA) is 104 Å². The molecule has 0 aliphatic carbocycles. The fourth-order valence-electron chi connectivity index (χ4n) is 2.68. The molecule has 1 amide bonds. The second-order valence-corrected chi connectivity index (χ2v) is 6.04. The van der Waals surface area contributed by atoms with Gasteiger partial charge in [-0.2, -0.15) is 10.4 Å². The van der Waals surface area contributed by atoms with Crippen LogP contribution in [0.3, 0.4) is 0 Å². The number of amides is 1. The Morgan fingerprint density at radius 2 is 2.21 bits per heavy atom. The largest absolute Gasteiger partial charge is 0.477 e. The van der Waals surface area contributed by atoms with Crippen LogP contribution in [-0.2, 0) is 4.79 Å². The highest BCUT2D eigenvalue weighted by Gasteiger charge is 2.29. The van der Waals surface area contributed by atoms with Crippen LogP contribution in [-0.4, -0.2) is 38.7 Å². The molecule has 1 aliphatic rings.